The summed E-state index contributed by atoms with van der Waals surface area (Å²) in [5.74, 6) is -0.985. The van der Waals surface area contributed by atoms with Crippen LogP contribution in [0.2, 0.25) is 0 Å². The van der Waals surface area contributed by atoms with Gasteiger partial charge in [-0.3, -0.25) is 0 Å². The van der Waals surface area contributed by atoms with Crippen LogP contribution < -0.4 is 0 Å². The first-order chi connectivity index (χ1) is 8.25. The Kier molecular flexibility index (Phi) is 2.31. The predicted octanol–water partition coefficient (Wildman–Crippen LogP) is 1.08. The normalized spacial score (nSPS) is 16.7. The van der Waals surface area contributed by atoms with Gasteiger partial charge in [0.05, 0.1) is 24.9 Å². The first kappa shape index (κ1) is 10.2. The van der Waals surface area contributed by atoms with E-state index in [9.17, 15) is 4.79 Å². The van der Waals surface area contributed by atoms with Crippen molar-refractivity contribution in [1.29, 1.82) is 0 Å². The standard InChI is InChI=1S/C11H10N2O4/c14-10(15)8-5-12-13-6-7(1-2-9(8)13)11-16-3-4-17-11/h1-2,5-6,11H,3-4H2,(H,14,15). The number of aromatic nitrogens is 2. The largest absolute Gasteiger partial charge is 0.478 e. The summed E-state index contributed by atoms with van der Waals surface area (Å²) in [5.41, 5.74) is 1.57. The summed E-state index contributed by atoms with van der Waals surface area (Å²) in [5, 5.41) is 12.9. The number of aromatic carboxylic acids is 1. The molecule has 6 heteroatoms. The van der Waals surface area contributed by atoms with Crippen molar-refractivity contribution < 1.29 is 19.4 Å². The molecule has 0 unspecified atom stereocenters. The molecule has 0 amide bonds. The highest BCUT2D eigenvalue weighted by molar-refractivity contribution is 5.95. The van der Waals surface area contributed by atoms with Gasteiger partial charge < -0.3 is 14.6 Å². The minimum atomic E-state index is -0.985. The number of carbonyl (C=O) groups is 1. The van der Waals surface area contributed by atoms with Crippen LogP contribution in [0, 0.1) is 0 Å². The average molecular weight is 234 g/mol. The Morgan fingerprint density at radius 3 is 2.88 bits per heavy atom. The summed E-state index contributed by atoms with van der Waals surface area (Å²) in [6, 6.07) is 3.50. The molecule has 6 nitrogen and oxygen atoms in total. The summed E-state index contributed by atoms with van der Waals surface area (Å²) in [4.78, 5) is 10.9. The molecule has 17 heavy (non-hydrogen) atoms. The van der Waals surface area contributed by atoms with Crippen LogP contribution in [0.5, 0.6) is 0 Å². The molecule has 2 aromatic heterocycles. The number of ether oxygens (including phenoxy) is 2. The second-order valence-corrected chi connectivity index (χ2v) is 3.73. The van der Waals surface area contributed by atoms with Gasteiger partial charge in [0.15, 0.2) is 6.29 Å². The topological polar surface area (TPSA) is 73.1 Å². The third-order valence-electron chi connectivity index (χ3n) is 2.66. The van der Waals surface area contributed by atoms with Gasteiger partial charge in [0.1, 0.15) is 5.56 Å². The van der Waals surface area contributed by atoms with Crippen molar-refractivity contribution in [2.75, 3.05) is 13.2 Å². The average Bonchev–Trinajstić information content (AvgIpc) is 2.97. The maximum Gasteiger partial charge on any atom is 0.339 e. The van der Waals surface area contributed by atoms with Gasteiger partial charge in [-0.25, -0.2) is 9.31 Å². The Labute approximate surface area is 96.4 Å². The molecule has 3 heterocycles. The van der Waals surface area contributed by atoms with E-state index in [1.54, 1.807) is 18.3 Å². The van der Waals surface area contributed by atoms with Crippen molar-refractivity contribution in [2.45, 2.75) is 6.29 Å². The number of pyridine rings is 1. The molecule has 88 valence electrons. The number of nitrogens with zero attached hydrogens (tertiary/aromatic N) is 2. The summed E-state index contributed by atoms with van der Waals surface area (Å²) < 4.78 is 12.2. The van der Waals surface area contributed by atoms with Gasteiger partial charge in [0, 0.05) is 11.8 Å². The van der Waals surface area contributed by atoms with Crippen LogP contribution in [0.4, 0.5) is 0 Å². The molecule has 0 spiro atoms. The highest BCUT2D eigenvalue weighted by atomic mass is 16.7. The Hall–Kier alpha value is -1.92. The molecule has 1 aliphatic heterocycles. The van der Waals surface area contributed by atoms with E-state index in [-0.39, 0.29) is 11.9 Å². The molecule has 0 atom stereocenters. The minimum absolute atomic E-state index is 0.185. The minimum Gasteiger partial charge on any atom is -0.478 e. The summed E-state index contributed by atoms with van der Waals surface area (Å²) >= 11 is 0. The van der Waals surface area contributed by atoms with Gasteiger partial charge in [-0.1, -0.05) is 6.07 Å². The third kappa shape index (κ3) is 1.67. The monoisotopic (exact) mass is 234 g/mol. The zero-order chi connectivity index (χ0) is 11.8. The molecule has 1 aliphatic rings. The molecule has 0 radical (unpaired) electrons. The molecule has 0 bridgehead atoms. The van der Waals surface area contributed by atoms with E-state index in [2.05, 4.69) is 5.10 Å². The van der Waals surface area contributed by atoms with E-state index in [1.807, 2.05) is 0 Å². The molecule has 1 N–H and O–H groups in total. The van der Waals surface area contributed by atoms with E-state index in [4.69, 9.17) is 14.6 Å². The Bertz CT molecular complexity index is 572. The van der Waals surface area contributed by atoms with Gasteiger partial charge in [0.2, 0.25) is 0 Å². The van der Waals surface area contributed by atoms with Gasteiger partial charge in [-0.2, -0.15) is 5.10 Å². The van der Waals surface area contributed by atoms with E-state index in [0.717, 1.165) is 5.56 Å². The fraction of sp³-hybridized carbons (Fsp3) is 0.273. The van der Waals surface area contributed by atoms with E-state index in [1.165, 1.54) is 10.7 Å². The lowest BCUT2D eigenvalue weighted by atomic mass is 10.2. The van der Waals surface area contributed by atoms with Gasteiger partial charge in [-0.05, 0) is 6.07 Å². The molecule has 0 aliphatic carbocycles. The van der Waals surface area contributed by atoms with Crippen LogP contribution >= 0.6 is 0 Å². The van der Waals surface area contributed by atoms with Gasteiger partial charge in [0.25, 0.3) is 0 Å². The van der Waals surface area contributed by atoms with Gasteiger partial charge >= 0.3 is 5.97 Å². The van der Waals surface area contributed by atoms with Crippen LogP contribution in [0.15, 0.2) is 24.5 Å². The number of rotatable bonds is 2. The highest BCUT2D eigenvalue weighted by Crippen LogP contribution is 2.24. The maximum atomic E-state index is 10.9. The molecular weight excluding hydrogens is 224 g/mol. The van der Waals surface area contributed by atoms with Crippen molar-refractivity contribution in [3.63, 3.8) is 0 Å². The lowest BCUT2D eigenvalue weighted by Gasteiger charge is -2.09. The molecular formula is C11H10N2O4. The number of hydrogen-bond donors (Lipinski definition) is 1. The second kappa shape index (κ2) is 3.83. The Balaban J connectivity index is 2.05. The van der Waals surface area contributed by atoms with Crippen molar-refractivity contribution in [3.8, 4) is 0 Å². The van der Waals surface area contributed by atoms with Gasteiger partial charge in [-0.15, -0.1) is 0 Å². The summed E-state index contributed by atoms with van der Waals surface area (Å²) in [7, 11) is 0. The third-order valence-corrected chi connectivity index (χ3v) is 2.66. The van der Waals surface area contributed by atoms with Crippen molar-refractivity contribution in [2.24, 2.45) is 0 Å². The molecule has 3 rings (SSSR count). The number of carboxylic acids is 1. The number of carboxylic acid groups (broad SMARTS) is 1. The Morgan fingerprint density at radius 2 is 2.18 bits per heavy atom. The van der Waals surface area contributed by atoms with Crippen LogP contribution in [0.3, 0.4) is 0 Å². The summed E-state index contributed by atoms with van der Waals surface area (Å²) in [6.45, 7) is 1.14. The quantitative estimate of drug-likeness (QED) is 0.841. The first-order valence-corrected chi connectivity index (χ1v) is 5.19. The zero-order valence-corrected chi connectivity index (χ0v) is 8.87. The zero-order valence-electron chi connectivity index (χ0n) is 8.87. The molecule has 1 saturated heterocycles. The summed E-state index contributed by atoms with van der Waals surface area (Å²) in [6.07, 6.45) is 2.67. The van der Waals surface area contributed by atoms with Crippen LogP contribution in [0.25, 0.3) is 5.52 Å². The van der Waals surface area contributed by atoms with Crippen molar-refractivity contribution >= 4 is 11.5 Å². The van der Waals surface area contributed by atoms with Crippen molar-refractivity contribution in [1.82, 2.24) is 9.61 Å². The Morgan fingerprint density at radius 1 is 1.41 bits per heavy atom. The number of fused-ring (bicyclic) bond motifs is 1. The lowest BCUT2D eigenvalue weighted by Crippen LogP contribution is -2.01. The van der Waals surface area contributed by atoms with Crippen molar-refractivity contribution in [3.05, 3.63) is 35.7 Å². The maximum absolute atomic E-state index is 10.9. The van der Waals surface area contributed by atoms with Crippen LogP contribution in [0.1, 0.15) is 22.2 Å². The lowest BCUT2D eigenvalue weighted by molar-refractivity contribution is -0.0444. The fourth-order valence-electron chi connectivity index (χ4n) is 1.86. The molecule has 0 aromatic carbocycles. The fourth-order valence-corrected chi connectivity index (χ4v) is 1.86. The first-order valence-electron chi connectivity index (χ1n) is 5.19. The molecule has 2 aromatic rings. The van der Waals surface area contributed by atoms with E-state index < -0.39 is 5.97 Å². The van der Waals surface area contributed by atoms with E-state index in [0.29, 0.717) is 18.7 Å². The highest BCUT2D eigenvalue weighted by Gasteiger charge is 2.19. The molecule has 1 fully saturated rings. The van der Waals surface area contributed by atoms with Crippen LogP contribution in [-0.2, 0) is 9.47 Å². The van der Waals surface area contributed by atoms with Crippen LogP contribution in [-0.4, -0.2) is 33.9 Å². The van der Waals surface area contributed by atoms with E-state index >= 15 is 0 Å². The predicted molar refractivity (Wildman–Crippen MR) is 56.8 cm³/mol. The smallest absolute Gasteiger partial charge is 0.339 e. The number of hydrogen-bond acceptors (Lipinski definition) is 4. The second-order valence-electron chi connectivity index (χ2n) is 3.73. The molecule has 0 saturated carbocycles. The SMILES string of the molecule is O=C(O)c1cnn2cc(C3OCCO3)ccc12.